The van der Waals surface area contributed by atoms with Crippen LogP contribution in [0.1, 0.15) is 78.6 Å². The average Bonchev–Trinajstić information content (AvgIpc) is 3.00. The SMILES string of the molecule is CCCCC(C)(C)C(O)/C=C\C1CCC(O)C1C/C=C/CCCC(=O)OC. The van der Waals surface area contributed by atoms with Crippen molar-refractivity contribution in [1.82, 2.24) is 0 Å². The van der Waals surface area contributed by atoms with Gasteiger partial charge in [-0.1, -0.05) is 57.9 Å². The predicted octanol–water partition coefficient (Wildman–Crippen LogP) is 4.80. The second kappa shape index (κ2) is 12.4. The number of rotatable bonds is 12. The van der Waals surface area contributed by atoms with Crippen LogP contribution in [0.4, 0.5) is 0 Å². The highest BCUT2D eigenvalue weighted by Crippen LogP contribution is 2.37. The summed E-state index contributed by atoms with van der Waals surface area (Å²) < 4.78 is 4.63. The van der Waals surface area contributed by atoms with Crippen molar-refractivity contribution in [1.29, 1.82) is 0 Å². The molecule has 1 aliphatic carbocycles. The molecule has 4 heteroatoms. The molecular weight excluding hydrogens is 340 g/mol. The first-order chi connectivity index (χ1) is 12.8. The summed E-state index contributed by atoms with van der Waals surface area (Å²) in [5, 5.41) is 20.9. The summed E-state index contributed by atoms with van der Waals surface area (Å²) >= 11 is 0. The van der Waals surface area contributed by atoms with Crippen molar-refractivity contribution >= 4 is 5.97 Å². The van der Waals surface area contributed by atoms with E-state index >= 15 is 0 Å². The van der Waals surface area contributed by atoms with Crippen LogP contribution in [0.15, 0.2) is 24.3 Å². The predicted molar refractivity (Wildman–Crippen MR) is 110 cm³/mol. The Morgan fingerprint density at radius 3 is 2.67 bits per heavy atom. The van der Waals surface area contributed by atoms with E-state index in [1.165, 1.54) is 7.11 Å². The van der Waals surface area contributed by atoms with Crippen LogP contribution < -0.4 is 0 Å². The van der Waals surface area contributed by atoms with Crippen LogP contribution in [0, 0.1) is 17.3 Å². The van der Waals surface area contributed by atoms with Crippen molar-refractivity contribution in [2.24, 2.45) is 17.3 Å². The number of methoxy groups -OCH3 is 1. The molecule has 156 valence electrons. The Morgan fingerprint density at radius 2 is 2.00 bits per heavy atom. The van der Waals surface area contributed by atoms with Crippen molar-refractivity contribution in [3.63, 3.8) is 0 Å². The van der Waals surface area contributed by atoms with E-state index in [2.05, 4.69) is 43.7 Å². The molecule has 2 N–H and O–H groups in total. The average molecular weight is 381 g/mol. The molecular formula is C23H40O4. The minimum atomic E-state index is -0.448. The van der Waals surface area contributed by atoms with Gasteiger partial charge in [0.2, 0.25) is 0 Å². The fourth-order valence-electron chi connectivity index (χ4n) is 3.77. The van der Waals surface area contributed by atoms with E-state index < -0.39 is 6.10 Å². The minimum absolute atomic E-state index is 0.112. The normalized spacial score (nSPS) is 24.7. The highest BCUT2D eigenvalue weighted by Gasteiger charge is 2.33. The van der Waals surface area contributed by atoms with E-state index in [-0.39, 0.29) is 23.4 Å². The van der Waals surface area contributed by atoms with E-state index in [1.54, 1.807) is 0 Å². The molecule has 0 aromatic heterocycles. The fourth-order valence-corrected chi connectivity index (χ4v) is 3.77. The largest absolute Gasteiger partial charge is 0.469 e. The first-order valence-electron chi connectivity index (χ1n) is 10.6. The summed E-state index contributed by atoms with van der Waals surface area (Å²) in [6.07, 6.45) is 15.6. The number of hydrogen-bond donors (Lipinski definition) is 2. The van der Waals surface area contributed by atoms with Crippen LogP contribution in [0.25, 0.3) is 0 Å². The summed E-state index contributed by atoms with van der Waals surface area (Å²) in [5.41, 5.74) is -0.112. The lowest BCUT2D eigenvalue weighted by atomic mass is 9.80. The molecule has 1 fully saturated rings. The molecule has 0 bridgehead atoms. The highest BCUT2D eigenvalue weighted by molar-refractivity contribution is 5.69. The molecule has 27 heavy (non-hydrogen) atoms. The van der Waals surface area contributed by atoms with Gasteiger partial charge in [0.25, 0.3) is 0 Å². The molecule has 0 aromatic carbocycles. The molecule has 0 spiro atoms. The lowest BCUT2D eigenvalue weighted by Crippen LogP contribution is -2.27. The lowest BCUT2D eigenvalue weighted by molar-refractivity contribution is -0.140. The Morgan fingerprint density at radius 1 is 1.26 bits per heavy atom. The van der Waals surface area contributed by atoms with Crippen molar-refractivity contribution < 1.29 is 19.7 Å². The van der Waals surface area contributed by atoms with E-state index in [1.807, 2.05) is 6.08 Å². The first kappa shape index (κ1) is 23.9. The molecule has 0 aromatic rings. The van der Waals surface area contributed by atoms with E-state index in [0.29, 0.717) is 12.3 Å². The third-order valence-electron chi connectivity index (χ3n) is 5.91. The van der Waals surface area contributed by atoms with Gasteiger partial charge in [-0.3, -0.25) is 4.79 Å². The molecule has 0 radical (unpaired) electrons. The minimum Gasteiger partial charge on any atom is -0.469 e. The van der Waals surface area contributed by atoms with Crippen molar-refractivity contribution in [2.75, 3.05) is 7.11 Å². The number of aliphatic hydroxyl groups excluding tert-OH is 2. The number of esters is 1. The zero-order valence-electron chi connectivity index (χ0n) is 17.7. The number of carbonyl (C=O) groups excluding carboxylic acids is 1. The smallest absolute Gasteiger partial charge is 0.305 e. The molecule has 1 aliphatic rings. The Kier molecular flexibility index (Phi) is 10.9. The van der Waals surface area contributed by atoms with Gasteiger partial charge >= 0.3 is 5.97 Å². The Hall–Kier alpha value is -1.13. The molecule has 4 unspecified atom stereocenters. The van der Waals surface area contributed by atoms with Crippen LogP contribution in [0.3, 0.4) is 0 Å². The first-order valence-corrected chi connectivity index (χ1v) is 10.6. The number of unbranched alkanes of at least 4 members (excludes halogenated alkanes) is 2. The monoisotopic (exact) mass is 380 g/mol. The van der Waals surface area contributed by atoms with Crippen molar-refractivity contribution in [3.05, 3.63) is 24.3 Å². The van der Waals surface area contributed by atoms with Gasteiger partial charge in [0, 0.05) is 6.42 Å². The van der Waals surface area contributed by atoms with Gasteiger partial charge in [-0.15, -0.1) is 0 Å². The van der Waals surface area contributed by atoms with Crippen LogP contribution in [0.2, 0.25) is 0 Å². The van der Waals surface area contributed by atoms with Gasteiger partial charge < -0.3 is 14.9 Å². The summed E-state index contributed by atoms with van der Waals surface area (Å²) in [6.45, 7) is 6.41. The standard InChI is InChI=1S/C23H40O4/c1-5-6-17-23(2,3)21(25)16-14-18-13-15-20(24)19(18)11-9-7-8-10-12-22(26)27-4/h7,9,14,16,18-21,24-25H,5-6,8,10-13,15,17H2,1-4H3/b9-7+,16-14-. The zero-order chi connectivity index (χ0) is 20.3. The van der Waals surface area contributed by atoms with E-state index in [4.69, 9.17) is 0 Å². The Bertz CT molecular complexity index is 481. The third-order valence-corrected chi connectivity index (χ3v) is 5.91. The maximum atomic E-state index is 11.1. The van der Waals surface area contributed by atoms with Gasteiger partial charge in [-0.05, 0) is 55.8 Å². The Balaban J connectivity index is 2.49. The second-order valence-electron chi connectivity index (χ2n) is 8.57. The van der Waals surface area contributed by atoms with Crippen LogP contribution >= 0.6 is 0 Å². The molecule has 0 amide bonds. The van der Waals surface area contributed by atoms with Crippen molar-refractivity contribution in [3.8, 4) is 0 Å². The van der Waals surface area contributed by atoms with Crippen LogP contribution in [-0.2, 0) is 9.53 Å². The topological polar surface area (TPSA) is 66.8 Å². The van der Waals surface area contributed by atoms with Crippen molar-refractivity contribution in [2.45, 2.75) is 90.8 Å². The number of ether oxygens (including phenoxy) is 1. The van der Waals surface area contributed by atoms with Gasteiger partial charge in [0.05, 0.1) is 19.3 Å². The van der Waals surface area contributed by atoms with Crippen LogP contribution in [0.5, 0.6) is 0 Å². The molecule has 4 atom stereocenters. The summed E-state index contributed by atoms with van der Waals surface area (Å²) in [6, 6.07) is 0. The molecule has 0 aliphatic heterocycles. The van der Waals surface area contributed by atoms with Crippen LogP contribution in [-0.4, -0.2) is 35.5 Å². The number of allylic oxidation sites excluding steroid dienone is 3. The quantitative estimate of drug-likeness (QED) is 0.290. The zero-order valence-corrected chi connectivity index (χ0v) is 17.7. The van der Waals surface area contributed by atoms with Gasteiger partial charge in [-0.2, -0.15) is 0 Å². The summed E-state index contributed by atoms with van der Waals surface area (Å²) in [7, 11) is 1.41. The van der Waals surface area contributed by atoms with Gasteiger partial charge in [0.1, 0.15) is 0 Å². The van der Waals surface area contributed by atoms with Gasteiger partial charge in [-0.25, -0.2) is 0 Å². The number of hydrogen-bond acceptors (Lipinski definition) is 4. The molecule has 1 saturated carbocycles. The van der Waals surface area contributed by atoms with E-state index in [0.717, 1.165) is 51.4 Å². The lowest BCUT2D eigenvalue weighted by Gasteiger charge is -2.29. The maximum Gasteiger partial charge on any atom is 0.305 e. The second-order valence-corrected chi connectivity index (χ2v) is 8.57. The molecule has 0 saturated heterocycles. The molecule has 4 nitrogen and oxygen atoms in total. The molecule has 0 heterocycles. The number of aliphatic hydroxyl groups is 2. The van der Waals surface area contributed by atoms with Gasteiger partial charge in [0.15, 0.2) is 0 Å². The Labute approximate surface area is 165 Å². The number of carbonyl (C=O) groups is 1. The summed E-state index contributed by atoms with van der Waals surface area (Å²) in [5.74, 6) is 0.362. The fraction of sp³-hybridized carbons (Fsp3) is 0.783. The third kappa shape index (κ3) is 8.61. The van der Waals surface area contributed by atoms with E-state index in [9.17, 15) is 15.0 Å². The highest BCUT2D eigenvalue weighted by atomic mass is 16.5. The summed E-state index contributed by atoms with van der Waals surface area (Å²) in [4.78, 5) is 11.1. The maximum absolute atomic E-state index is 11.1. The molecule has 1 rings (SSSR count).